The Hall–Kier alpha value is -2.11. The van der Waals surface area contributed by atoms with E-state index >= 15 is 0 Å². The molecule has 0 aliphatic carbocycles. The van der Waals surface area contributed by atoms with Gasteiger partial charge in [-0.25, -0.2) is 0 Å². The standard InChI is InChI=1S/C14H21N3O3/c1-4-16(5-2)14(18)8-9-15-13-10-12(17(19)20)7-6-11(13)3/h6-7,10,15H,4-5,8-9H2,1-3H3. The van der Waals surface area contributed by atoms with Gasteiger partial charge in [-0.1, -0.05) is 6.07 Å². The molecule has 6 nitrogen and oxygen atoms in total. The fourth-order valence-electron chi connectivity index (χ4n) is 1.95. The Morgan fingerprint density at radius 3 is 2.55 bits per heavy atom. The first-order valence-electron chi connectivity index (χ1n) is 6.76. The van der Waals surface area contributed by atoms with Gasteiger partial charge in [0.15, 0.2) is 0 Å². The van der Waals surface area contributed by atoms with Crippen LogP contribution in [-0.4, -0.2) is 35.4 Å². The molecule has 0 bridgehead atoms. The van der Waals surface area contributed by atoms with E-state index in [1.807, 2.05) is 20.8 Å². The Labute approximate surface area is 118 Å². The van der Waals surface area contributed by atoms with Gasteiger partial charge in [0.25, 0.3) is 5.69 Å². The average molecular weight is 279 g/mol. The molecule has 1 aromatic rings. The maximum absolute atomic E-state index is 11.8. The van der Waals surface area contributed by atoms with Crippen molar-refractivity contribution in [3.05, 3.63) is 33.9 Å². The fraction of sp³-hybridized carbons (Fsp3) is 0.500. The number of amides is 1. The van der Waals surface area contributed by atoms with Crippen LogP contribution in [-0.2, 0) is 4.79 Å². The van der Waals surface area contributed by atoms with E-state index in [1.165, 1.54) is 12.1 Å². The van der Waals surface area contributed by atoms with Crippen LogP contribution in [0.5, 0.6) is 0 Å². The largest absolute Gasteiger partial charge is 0.384 e. The van der Waals surface area contributed by atoms with Crippen molar-refractivity contribution in [2.75, 3.05) is 25.0 Å². The highest BCUT2D eigenvalue weighted by Crippen LogP contribution is 2.21. The summed E-state index contributed by atoms with van der Waals surface area (Å²) in [7, 11) is 0. The van der Waals surface area contributed by atoms with E-state index in [9.17, 15) is 14.9 Å². The lowest BCUT2D eigenvalue weighted by Gasteiger charge is -2.19. The molecule has 0 aromatic heterocycles. The number of nitrogens with zero attached hydrogens (tertiary/aromatic N) is 2. The SMILES string of the molecule is CCN(CC)C(=O)CCNc1cc([N+](=O)[O-])ccc1C. The molecule has 0 spiro atoms. The normalized spacial score (nSPS) is 10.2. The number of hydrogen-bond donors (Lipinski definition) is 1. The summed E-state index contributed by atoms with van der Waals surface area (Å²) >= 11 is 0. The highest BCUT2D eigenvalue weighted by atomic mass is 16.6. The number of nitrogens with one attached hydrogen (secondary N) is 1. The monoisotopic (exact) mass is 279 g/mol. The number of anilines is 1. The van der Waals surface area contributed by atoms with Crippen LogP contribution in [0.25, 0.3) is 0 Å². The molecule has 0 saturated carbocycles. The third-order valence-corrected chi connectivity index (χ3v) is 3.20. The molecule has 20 heavy (non-hydrogen) atoms. The first-order valence-corrected chi connectivity index (χ1v) is 6.76. The highest BCUT2D eigenvalue weighted by Gasteiger charge is 2.11. The highest BCUT2D eigenvalue weighted by molar-refractivity contribution is 5.76. The zero-order valence-electron chi connectivity index (χ0n) is 12.2. The van der Waals surface area contributed by atoms with Crippen LogP contribution in [0.3, 0.4) is 0 Å². The molecule has 6 heteroatoms. The minimum atomic E-state index is -0.425. The summed E-state index contributed by atoms with van der Waals surface area (Å²) < 4.78 is 0. The van der Waals surface area contributed by atoms with Crippen molar-refractivity contribution < 1.29 is 9.72 Å². The van der Waals surface area contributed by atoms with Crippen molar-refractivity contribution in [3.63, 3.8) is 0 Å². The Kier molecular flexibility index (Phi) is 5.96. The zero-order valence-corrected chi connectivity index (χ0v) is 12.2. The minimum absolute atomic E-state index is 0.0492. The van der Waals surface area contributed by atoms with Crippen molar-refractivity contribution in [1.82, 2.24) is 4.90 Å². The second kappa shape index (κ2) is 7.47. The van der Waals surface area contributed by atoms with Gasteiger partial charge in [-0.2, -0.15) is 0 Å². The number of carbonyl (C=O) groups excluding carboxylic acids is 1. The summed E-state index contributed by atoms with van der Waals surface area (Å²) in [5.74, 6) is 0.0885. The van der Waals surface area contributed by atoms with Crippen molar-refractivity contribution in [2.24, 2.45) is 0 Å². The number of nitro benzene ring substituents is 1. The van der Waals surface area contributed by atoms with E-state index in [1.54, 1.807) is 11.0 Å². The van der Waals surface area contributed by atoms with E-state index in [0.717, 1.165) is 5.56 Å². The van der Waals surface area contributed by atoms with Gasteiger partial charge < -0.3 is 10.2 Å². The van der Waals surface area contributed by atoms with Crippen LogP contribution in [0.4, 0.5) is 11.4 Å². The van der Waals surface area contributed by atoms with E-state index < -0.39 is 4.92 Å². The van der Waals surface area contributed by atoms with Crippen LogP contribution in [0.15, 0.2) is 18.2 Å². The van der Waals surface area contributed by atoms with Crippen molar-refractivity contribution in [1.29, 1.82) is 0 Å². The van der Waals surface area contributed by atoms with Crippen LogP contribution in [0, 0.1) is 17.0 Å². The third kappa shape index (κ3) is 4.22. The van der Waals surface area contributed by atoms with E-state index in [0.29, 0.717) is 31.7 Å². The van der Waals surface area contributed by atoms with Gasteiger partial charge in [0.2, 0.25) is 5.91 Å². The molecule has 0 heterocycles. The van der Waals surface area contributed by atoms with E-state index in [2.05, 4.69) is 5.32 Å². The Morgan fingerprint density at radius 1 is 1.35 bits per heavy atom. The Morgan fingerprint density at radius 2 is 2.00 bits per heavy atom. The maximum atomic E-state index is 11.8. The summed E-state index contributed by atoms with van der Waals surface area (Å²) in [5.41, 5.74) is 1.67. The Balaban J connectivity index is 2.60. The molecule has 0 unspecified atom stereocenters. The van der Waals surface area contributed by atoms with Gasteiger partial charge in [0.05, 0.1) is 4.92 Å². The van der Waals surface area contributed by atoms with Gasteiger partial charge in [0.1, 0.15) is 0 Å². The Bertz CT molecular complexity index is 485. The number of aryl methyl sites for hydroxylation is 1. The minimum Gasteiger partial charge on any atom is -0.384 e. The first-order chi connectivity index (χ1) is 9.49. The van der Waals surface area contributed by atoms with Crippen molar-refractivity contribution in [2.45, 2.75) is 27.2 Å². The molecule has 110 valence electrons. The topological polar surface area (TPSA) is 75.5 Å². The number of benzene rings is 1. The van der Waals surface area contributed by atoms with Gasteiger partial charge in [-0.15, -0.1) is 0 Å². The molecule has 0 radical (unpaired) electrons. The molecule has 0 atom stereocenters. The smallest absolute Gasteiger partial charge is 0.271 e. The molecular formula is C14H21N3O3. The molecule has 0 aliphatic rings. The number of nitro groups is 1. The molecule has 0 aliphatic heterocycles. The predicted molar refractivity (Wildman–Crippen MR) is 78.9 cm³/mol. The molecule has 1 N–H and O–H groups in total. The molecule has 0 fully saturated rings. The number of hydrogen-bond acceptors (Lipinski definition) is 4. The molecule has 1 rings (SSSR count). The second-order valence-corrected chi connectivity index (χ2v) is 4.50. The lowest BCUT2D eigenvalue weighted by molar-refractivity contribution is -0.384. The number of carbonyl (C=O) groups is 1. The number of non-ortho nitro benzene ring substituents is 1. The van der Waals surface area contributed by atoms with Gasteiger partial charge >= 0.3 is 0 Å². The third-order valence-electron chi connectivity index (χ3n) is 3.20. The number of rotatable bonds is 7. The molecule has 0 saturated heterocycles. The molecular weight excluding hydrogens is 258 g/mol. The summed E-state index contributed by atoms with van der Waals surface area (Å²) in [5, 5.41) is 13.8. The summed E-state index contributed by atoms with van der Waals surface area (Å²) in [4.78, 5) is 23.9. The van der Waals surface area contributed by atoms with E-state index in [4.69, 9.17) is 0 Å². The predicted octanol–water partition coefficient (Wildman–Crippen LogP) is 2.57. The molecule has 1 aromatic carbocycles. The van der Waals surface area contributed by atoms with Gasteiger partial charge in [-0.3, -0.25) is 14.9 Å². The summed E-state index contributed by atoms with van der Waals surface area (Å²) in [6.45, 7) is 7.63. The van der Waals surface area contributed by atoms with Crippen LogP contribution < -0.4 is 5.32 Å². The maximum Gasteiger partial charge on any atom is 0.271 e. The molecule has 1 amide bonds. The summed E-state index contributed by atoms with van der Waals surface area (Å²) in [6, 6.07) is 4.67. The van der Waals surface area contributed by atoms with Crippen molar-refractivity contribution in [3.8, 4) is 0 Å². The van der Waals surface area contributed by atoms with Crippen LogP contribution >= 0.6 is 0 Å². The zero-order chi connectivity index (χ0) is 15.1. The average Bonchev–Trinajstić information content (AvgIpc) is 2.42. The van der Waals surface area contributed by atoms with E-state index in [-0.39, 0.29) is 11.6 Å². The van der Waals surface area contributed by atoms with Crippen molar-refractivity contribution >= 4 is 17.3 Å². The first kappa shape index (κ1) is 15.9. The van der Waals surface area contributed by atoms with Gasteiger partial charge in [-0.05, 0) is 26.3 Å². The lowest BCUT2D eigenvalue weighted by Crippen LogP contribution is -2.31. The quantitative estimate of drug-likeness (QED) is 0.615. The van der Waals surface area contributed by atoms with Crippen LogP contribution in [0.2, 0.25) is 0 Å². The van der Waals surface area contributed by atoms with Crippen LogP contribution in [0.1, 0.15) is 25.8 Å². The summed E-state index contributed by atoms with van der Waals surface area (Å²) in [6.07, 6.45) is 0.379. The fourth-order valence-corrected chi connectivity index (χ4v) is 1.95. The second-order valence-electron chi connectivity index (χ2n) is 4.50. The lowest BCUT2D eigenvalue weighted by atomic mass is 10.2. The van der Waals surface area contributed by atoms with Gasteiger partial charge in [0, 0.05) is 43.9 Å².